The van der Waals surface area contributed by atoms with E-state index in [9.17, 15) is 0 Å². The molecule has 2 N–H and O–H groups in total. The number of nitrogens with zero attached hydrogens (tertiary/aromatic N) is 1. The number of ether oxygens (including phenoxy) is 1. The smallest absolute Gasteiger partial charge is 0.0661 e. The molecule has 1 rings (SSSR count). The topological polar surface area (TPSA) is 38.5 Å². The van der Waals surface area contributed by atoms with Crippen LogP contribution in [0.3, 0.4) is 0 Å². The summed E-state index contributed by atoms with van der Waals surface area (Å²) in [5.41, 5.74) is 6.10. The fraction of sp³-hybridized carbons (Fsp3) is 1.00. The Morgan fingerprint density at radius 1 is 1.19 bits per heavy atom. The highest BCUT2D eigenvalue weighted by molar-refractivity contribution is 4.95. The lowest BCUT2D eigenvalue weighted by atomic mass is 9.85. The first kappa shape index (κ1) is 13.9. The van der Waals surface area contributed by atoms with Crippen molar-refractivity contribution in [1.29, 1.82) is 0 Å². The highest BCUT2D eigenvalue weighted by Crippen LogP contribution is 2.27. The Balaban J connectivity index is 2.79. The van der Waals surface area contributed by atoms with Crippen molar-refractivity contribution in [2.75, 3.05) is 33.4 Å². The average Bonchev–Trinajstić information content (AvgIpc) is 2.54. The van der Waals surface area contributed by atoms with Gasteiger partial charge in [0.2, 0.25) is 0 Å². The van der Waals surface area contributed by atoms with Gasteiger partial charge in [0, 0.05) is 13.7 Å². The van der Waals surface area contributed by atoms with Gasteiger partial charge in [-0.3, -0.25) is 4.90 Å². The molecule has 1 aliphatic rings. The van der Waals surface area contributed by atoms with E-state index in [1.165, 1.54) is 38.8 Å². The van der Waals surface area contributed by atoms with Crippen LogP contribution in [-0.4, -0.2) is 43.8 Å². The van der Waals surface area contributed by atoms with Gasteiger partial charge in [-0.25, -0.2) is 0 Å². The first-order chi connectivity index (χ1) is 7.67. The third-order valence-corrected chi connectivity index (χ3v) is 4.06. The van der Waals surface area contributed by atoms with Gasteiger partial charge < -0.3 is 10.5 Å². The maximum absolute atomic E-state index is 6.05. The fourth-order valence-corrected chi connectivity index (χ4v) is 2.81. The molecule has 3 nitrogen and oxygen atoms in total. The zero-order valence-corrected chi connectivity index (χ0v) is 11.2. The third kappa shape index (κ3) is 2.96. The Morgan fingerprint density at radius 3 is 2.12 bits per heavy atom. The van der Waals surface area contributed by atoms with Crippen molar-refractivity contribution in [3.05, 3.63) is 0 Å². The van der Waals surface area contributed by atoms with Gasteiger partial charge in [0.1, 0.15) is 0 Å². The molecule has 0 spiro atoms. The summed E-state index contributed by atoms with van der Waals surface area (Å²) in [6.07, 6.45) is 5.33. The second-order valence-electron chi connectivity index (χ2n) is 5.30. The minimum absolute atomic E-state index is 0.0408. The third-order valence-electron chi connectivity index (χ3n) is 4.06. The Bertz CT molecular complexity index is 188. The Hall–Kier alpha value is -0.120. The van der Waals surface area contributed by atoms with E-state index in [0.717, 1.165) is 6.61 Å². The summed E-state index contributed by atoms with van der Waals surface area (Å²) in [6, 6.07) is 0. The number of methoxy groups -OCH3 is 1. The number of nitrogens with two attached hydrogens (primary N) is 1. The number of hydrogen-bond acceptors (Lipinski definition) is 3. The average molecular weight is 228 g/mol. The van der Waals surface area contributed by atoms with Crippen molar-refractivity contribution in [3.8, 4) is 0 Å². The molecule has 0 bridgehead atoms. The lowest BCUT2D eigenvalue weighted by molar-refractivity contribution is -0.0145. The lowest BCUT2D eigenvalue weighted by Gasteiger charge is -2.45. The number of hydrogen-bond donors (Lipinski definition) is 1. The predicted molar refractivity (Wildman–Crippen MR) is 68.5 cm³/mol. The molecule has 16 heavy (non-hydrogen) atoms. The van der Waals surface area contributed by atoms with Crippen LogP contribution >= 0.6 is 0 Å². The molecule has 1 saturated heterocycles. The van der Waals surface area contributed by atoms with E-state index >= 15 is 0 Å². The van der Waals surface area contributed by atoms with Crippen molar-refractivity contribution < 1.29 is 4.74 Å². The summed E-state index contributed by atoms with van der Waals surface area (Å²) in [4.78, 5) is 2.58. The molecule has 0 aromatic carbocycles. The maximum Gasteiger partial charge on any atom is 0.0661 e. The first-order valence-electron chi connectivity index (χ1n) is 6.61. The Morgan fingerprint density at radius 2 is 1.75 bits per heavy atom. The molecule has 1 fully saturated rings. The van der Waals surface area contributed by atoms with Gasteiger partial charge in [-0.1, -0.05) is 26.7 Å². The second-order valence-corrected chi connectivity index (χ2v) is 5.30. The van der Waals surface area contributed by atoms with Crippen molar-refractivity contribution in [2.24, 2.45) is 11.7 Å². The van der Waals surface area contributed by atoms with E-state index in [0.29, 0.717) is 12.5 Å². The van der Waals surface area contributed by atoms with Crippen molar-refractivity contribution >= 4 is 0 Å². The normalized spacial score (nSPS) is 23.1. The maximum atomic E-state index is 6.05. The van der Waals surface area contributed by atoms with E-state index < -0.39 is 0 Å². The predicted octanol–water partition coefficient (Wildman–Crippen LogP) is 1.86. The summed E-state index contributed by atoms with van der Waals surface area (Å²) in [7, 11) is 1.78. The zero-order valence-electron chi connectivity index (χ0n) is 11.2. The van der Waals surface area contributed by atoms with Crippen LogP contribution in [0.4, 0.5) is 0 Å². The zero-order chi connectivity index (χ0) is 12.0. The van der Waals surface area contributed by atoms with Crippen LogP contribution in [0.25, 0.3) is 0 Å². The molecule has 0 amide bonds. The fourth-order valence-electron chi connectivity index (χ4n) is 2.81. The highest BCUT2D eigenvalue weighted by Gasteiger charge is 2.38. The molecule has 1 aliphatic heterocycles. The summed E-state index contributed by atoms with van der Waals surface area (Å²) in [5.74, 6) is 0.538. The summed E-state index contributed by atoms with van der Waals surface area (Å²) in [6.45, 7) is 8.32. The van der Waals surface area contributed by atoms with Gasteiger partial charge in [0.05, 0.1) is 12.1 Å². The Kier molecular flexibility index (Phi) is 5.73. The van der Waals surface area contributed by atoms with Crippen molar-refractivity contribution in [2.45, 2.75) is 45.1 Å². The molecular formula is C13H28N2O. The molecule has 0 aliphatic carbocycles. The molecular weight excluding hydrogens is 200 g/mol. The van der Waals surface area contributed by atoms with Crippen LogP contribution in [0.1, 0.15) is 39.5 Å². The standard InChI is InChI=1S/C13H28N2O/c1-12(2)13(10-14,11-16-3)15-8-6-4-5-7-9-15/h12H,4-11,14H2,1-3H3. The largest absolute Gasteiger partial charge is 0.383 e. The van der Waals surface area contributed by atoms with Crippen LogP contribution in [-0.2, 0) is 4.74 Å². The molecule has 0 saturated carbocycles. The first-order valence-corrected chi connectivity index (χ1v) is 6.61. The van der Waals surface area contributed by atoms with Crippen molar-refractivity contribution in [1.82, 2.24) is 4.90 Å². The van der Waals surface area contributed by atoms with Crippen LogP contribution < -0.4 is 5.73 Å². The summed E-state index contributed by atoms with van der Waals surface area (Å²) >= 11 is 0. The van der Waals surface area contributed by atoms with Gasteiger partial charge in [-0.05, 0) is 31.8 Å². The molecule has 1 heterocycles. The summed E-state index contributed by atoms with van der Waals surface area (Å²) in [5, 5.41) is 0. The molecule has 0 aromatic rings. The van der Waals surface area contributed by atoms with Gasteiger partial charge in [0.25, 0.3) is 0 Å². The van der Waals surface area contributed by atoms with Crippen molar-refractivity contribution in [3.63, 3.8) is 0 Å². The highest BCUT2D eigenvalue weighted by atomic mass is 16.5. The molecule has 3 heteroatoms. The molecule has 1 unspecified atom stereocenters. The number of likely N-dealkylation sites (tertiary alicyclic amines) is 1. The van der Waals surface area contributed by atoms with E-state index in [1.807, 2.05) is 0 Å². The van der Waals surface area contributed by atoms with Crippen LogP contribution in [0, 0.1) is 5.92 Å². The molecule has 0 aromatic heterocycles. The van der Waals surface area contributed by atoms with Gasteiger partial charge in [-0.15, -0.1) is 0 Å². The van der Waals surface area contributed by atoms with Gasteiger partial charge in [-0.2, -0.15) is 0 Å². The minimum atomic E-state index is 0.0408. The Labute approximate surface area is 100 Å². The lowest BCUT2D eigenvalue weighted by Crippen LogP contribution is -2.60. The van der Waals surface area contributed by atoms with E-state index in [1.54, 1.807) is 7.11 Å². The van der Waals surface area contributed by atoms with Crippen LogP contribution in [0.15, 0.2) is 0 Å². The van der Waals surface area contributed by atoms with E-state index in [2.05, 4.69) is 18.7 Å². The quantitative estimate of drug-likeness (QED) is 0.780. The van der Waals surface area contributed by atoms with Gasteiger partial charge in [0.15, 0.2) is 0 Å². The van der Waals surface area contributed by atoms with E-state index in [4.69, 9.17) is 10.5 Å². The molecule has 1 atom stereocenters. The summed E-state index contributed by atoms with van der Waals surface area (Å²) < 4.78 is 5.43. The van der Waals surface area contributed by atoms with E-state index in [-0.39, 0.29) is 5.54 Å². The second kappa shape index (κ2) is 6.58. The molecule has 96 valence electrons. The SMILES string of the molecule is COCC(CN)(C(C)C)N1CCCCCC1. The minimum Gasteiger partial charge on any atom is -0.383 e. The van der Waals surface area contributed by atoms with Gasteiger partial charge >= 0.3 is 0 Å². The number of rotatable bonds is 5. The van der Waals surface area contributed by atoms with Crippen LogP contribution in [0.2, 0.25) is 0 Å². The molecule has 0 radical (unpaired) electrons. The van der Waals surface area contributed by atoms with Crippen LogP contribution in [0.5, 0.6) is 0 Å². The monoisotopic (exact) mass is 228 g/mol.